The van der Waals surface area contributed by atoms with E-state index in [0.717, 1.165) is 44.6 Å². The van der Waals surface area contributed by atoms with Crippen LogP contribution in [0.3, 0.4) is 0 Å². The van der Waals surface area contributed by atoms with Crippen molar-refractivity contribution in [1.82, 2.24) is 10.2 Å². The first-order valence-electron chi connectivity index (χ1n) is 11.4. The van der Waals surface area contributed by atoms with Gasteiger partial charge in [-0.25, -0.2) is 0 Å². The molecule has 0 atom stereocenters. The van der Waals surface area contributed by atoms with E-state index < -0.39 is 23.5 Å². The maximum Gasteiger partial charge on any atom is 0.416 e. The van der Waals surface area contributed by atoms with Crippen LogP contribution in [0.1, 0.15) is 59.4 Å². The van der Waals surface area contributed by atoms with Crippen molar-refractivity contribution in [3.8, 4) is 0 Å². The number of benzene rings is 2. The molecular weight excluding hydrogens is 442 g/mol. The third kappa shape index (κ3) is 6.29. The molecule has 1 saturated heterocycles. The maximum atomic E-state index is 13.0. The monoisotopic (exact) mass is 470 g/mol. The van der Waals surface area contributed by atoms with E-state index in [1.165, 1.54) is 24.0 Å². The lowest BCUT2D eigenvalue weighted by Gasteiger charge is -2.36. The Kier molecular flexibility index (Phi) is 7.05. The van der Waals surface area contributed by atoms with Crippen molar-refractivity contribution >= 4 is 0 Å². The normalized spacial score (nSPS) is 21.9. The summed E-state index contributed by atoms with van der Waals surface area (Å²) >= 11 is 0. The van der Waals surface area contributed by atoms with Crippen LogP contribution in [0, 0.1) is 5.92 Å². The number of hydrogen-bond acceptors (Lipinski definition) is 2. The van der Waals surface area contributed by atoms with E-state index in [9.17, 15) is 26.3 Å². The molecule has 1 aliphatic carbocycles. The quantitative estimate of drug-likeness (QED) is 0.459. The van der Waals surface area contributed by atoms with Crippen molar-refractivity contribution in [2.75, 3.05) is 19.6 Å². The molecule has 1 N–H and O–H groups in total. The third-order valence-corrected chi connectivity index (χ3v) is 6.70. The molecule has 4 rings (SSSR count). The van der Waals surface area contributed by atoms with Gasteiger partial charge in [0.15, 0.2) is 0 Å². The summed E-state index contributed by atoms with van der Waals surface area (Å²) in [5.41, 5.74) is 0.0558. The van der Waals surface area contributed by atoms with Gasteiger partial charge in [0.2, 0.25) is 0 Å². The van der Waals surface area contributed by atoms with E-state index in [2.05, 4.69) is 34.5 Å². The molecular formula is C25H28F6N2. The van der Waals surface area contributed by atoms with Crippen molar-refractivity contribution in [1.29, 1.82) is 0 Å². The van der Waals surface area contributed by atoms with Crippen molar-refractivity contribution < 1.29 is 26.3 Å². The van der Waals surface area contributed by atoms with E-state index in [0.29, 0.717) is 18.4 Å². The van der Waals surface area contributed by atoms with Crippen LogP contribution in [-0.4, -0.2) is 24.5 Å². The Bertz CT molecular complexity index is 891. The van der Waals surface area contributed by atoms with Gasteiger partial charge in [0.1, 0.15) is 0 Å². The topological polar surface area (TPSA) is 15.3 Å². The Labute approximate surface area is 190 Å². The minimum absolute atomic E-state index is 0.0124. The molecule has 2 nitrogen and oxygen atoms in total. The van der Waals surface area contributed by atoms with Gasteiger partial charge in [0.25, 0.3) is 0 Å². The second kappa shape index (κ2) is 9.66. The van der Waals surface area contributed by atoms with Gasteiger partial charge in [0.05, 0.1) is 11.1 Å². The van der Waals surface area contributed by atoms with Gasteiger partial charge in [-0.3, -0.25) is 4.90 Å². The molecule has 1 aliphatic heterocycles. The van der Waals surface area contributed by atoms with Gasteiger partial charge in [-0.15, -0.1) is 0 Å². The fourth-order valence-corrected chi connectivity index (χ4v) is 4.81. The lowest BCUT2D eigenvalue weighted by atomic mass is 9.71. The standard InChI is InChI=1S/C25H28F6N2/c26-24(27,28)22-11-19(12-23(13-22)25(29,30)31)15-32-14-18-9-21(10-18)20-5-3-17(4-6-20)16-33-7-1-2-8-33/h3-6,11-13,18,21,32H,1-2,7-10,14-16H2/t18-,21-. The number of likely N-dealkylation sites (tertiary alicyclic amines) is 1. The average Bonchev–Trinajstić information content (AvgIpc) is 3.22. The molecule has 0 unspecified atom stereocenters. The molecule has 0 aromatic heterocycles. The fourth-order valence-electron chi connectivity index (χ4n) is 4.81. The van der Waals surface area contributed by atoms with Crippen molar-refractivity contribution in [2.24, 2.45) is 5.92 Å². The highest BCUT2D eigenvalue weighted by Gasteiger charge is 2.37. The number of alkyl halides is 6. The summed E-state index contributed by atoms with van der Waals surface area (Å²) in [7, 11) is 0. The minimum Gasteiger partial charge on any atom is -0.312 e. The Morgan fingerprint density at radius 3 is 1.91 bits per heavy atom. The molecule has 2 aromatic carbocycles. The largest absolute Gasteiger partial charge is 0.416 e. The molecule has 2 aromatic rings. The lowest BCUT2D eigenvalue weighted by molar-refractivity contribution is -0.143. The summed E-state index contributed by atoms with van der Waals surface area (Å²) in [6.07, 6.45) is -5.16. The van der Waals surface area contributed by atoms with Crippen LogP contribution < -0.4 is 5.32 Å². The van der Waals surface area contributed by atoms with Crippen LogP contribution in [0.15, 0.2) is 42.5 Å². The summed E-state index contributed by atoms with van der Waals surface area (Å²) in [4.78, 5) is 2.46. The zero-order valence-electron chi connectivity index (χ0n) is 18.3. The van der Waals surface area contributed by atoms with Gasteiger partial charge in [-0.1, -0.05) is 24.3 Å². The van der Waals surface area contributed by atoms with Crippen LogP contribution in [0.5, 0.6) is 0 Å². The molecule has 1 heterocycles. The second-order valence-electron chi connectivity index (χ2n) is 9.30. The molecule has 8 heteroatoms. The SMILES string of the molecule is FC(F)(F)c1cc(CNC[C@H]2C[C@H](c3ccc(CN4CCCC4)cc3)C2)cc(C(F)(F)F)c1. The highest BCUT2D eigenvalue weighted by molar-refractivity contribution is 5.33. The molecule has 1 saturated carbocycles. The molecule has 0 radical (unpaired) electrons. The van der Waals surface area contributed by atoms with Crippen molar-refractivity contribution in [2.45, 2.75) is 57.0 Å². The fraction of sp³-hybridized carbons (Fsp3) is 0.520. The average molecular weight is 471 g/mol. The van der Waals surface area contributed by atoms with Crippen LogP contribution in [0.2, 0.25) is 0 Å². The number of rotatable bonds is 7. The molecule has 0 bridgehead atoms. The van der Waals surface area contributed by atoms with E-state index in [4.69, 9.17) is 0 Å². The van der Waals surface area contributed by atoms with Gasteiger partial charge in [-0.05, 0) is 92.0 Å². The Morgan fingerprint density at radius 1 is 0.788 bits per heavy atom. The summed E-state index contributed by atoms with van der Waals surface area (Å²) < 4.78 is 77.9. The van der Waals surface area contributed by atoms with Crippen LogP contribution >= 0.6 is 0 Å². The smallest absolute Gasteiger partial charge is 0.312 e. The summed E-state index contributed by atoms with van der Waals surface area (Å²) in [6.45, 7) is 3.86. The molecule has 0 amide bonds. The number of nitrogens with one attached hydrogen (secondary N) is 1. The highest BCUT2D eigenvalue weighted by atomic mass is 19.4. The molecule has 2 fully saturated rings. The molecule has 2 aliphatic rings. The van der Waals surface area contributed by atoms with Gasteiger partial charge < -0.3 is 5.32 Å². The number of halogens is 6. The Balaban J connectivity index is 1.25. The summed E-state index contributed by atoms with van der Waals surface area (Å²) in [5.74, 6) is 0.829. The number of hydrogen-bond donors (Lipinski definition) is 1. The lowest BCUT2D eigenvalue weighted by Crippen LogP contribution is -2.32. The van der Waals surface area contributed by atoms with Crippen molar-refractivity contribution in [3.63, 3.8) is 0 Å². The third-order valence-electron chi connectivity index (χ3n) is 6.70. The van der Waals surface area contributed by atoms with Crippen LogP contribution in [-0.2, 0) is 25.4 Å². The first kappa shape index (κ1) is 24.1. The first-order chi connectivity index (χ1) is 15.6. The Hall–Kier alpha value is -2.06. The minimum atomic E-state index is -4.82. The van der Waals surface area contributed by atoms with Crippen LogP contribution in [0.25, 0.3) is 0 Å². The van der Waals surface area contributed by atoms with Gasteiger partial charge >= 0.3 is 12.4 Å². The van der Waals surface area contributed by atoms with Gasteiger partial charge in [0, 0.05) is 13.1 Å². The Morgan fingerprint density at radius 2 is 1.36 bits per heavy atom. The molecule has 0 spiro atoms. The van der Waals surface area contributed by atoms with Gasteiger partial charge in [-0.2, -0.15) is 26.3 Å². The first-order valence-corrected chi connectivity index (χ1v) is 11.4. The maximum absolute atomic E-state index is 13.0. The predicted molar refractivity (Wildman–Crippen MR) is 115 cm³/mol. The summed E-state index contributed by atoms with van der Waals surface area (Å²) in [5, 5.41) is 3.04. The van der Waals surface area contributed by atoms with E-state index >= 15 is 0 Å². The second-order valence-corrected chi connectivity index (χ2v) is 9.30. The van der Waals surface area contributed by atoms with E-state index in [-0.39, 0.29) is 18.2 Å². The molecule has 180 valence electrons. The molecule has 33 heavy (non-hydrogen) atoms. The van der Waals surface area contributed by atoms with E-state index in [1.807, 2.05) is 0 Å². The predicted octanol–water partition coefficient (Wildman–Crippen LogP) is 6.60. The zero-order valence-corrected chi connectivity index (χ0v) is 18.3. The summed E-state index contributed by atoms with van der Waals surface area (Å²) in [6, 6.07) is 10.5. The highest BCUT2D eigenvalue weighted by Crippen LogP contribution is 2.41. The van der Waals surface area contributed by atoms with E-state index in [1.54, 1.807) is 0 Å². The number of nitrogens with zero attached hydrogens (tertiary/aromatic N) is 1. The van der Waals surface area contributed by atoms with Crippen LogP contribution in [0.4, 0.5) is 26.3 Å². The van der Waals surface area contributed by atoms with Crippen molar-refractivity contribution in [3.05, 3.63) is 70.3 Å². The zero-order chi connectivity index (χ0) is 23.6.